The van der Waals surface area contributed by atoms with Crippen LogP contribution in [0.15, 0.2) is 84.9 Å². The molecule has 186 valence electrons. The summed E-state index contributed by atoms with van der Waals surface area (Å²) in [5.41, 5.74) is 3.04. The number of carboxylic acid groups (broad SMARTS) is 1. The molecule has 0 radical (unpaired) electrons. The van der Waals surface area contributed by atoms with Crippen LogP contribution in [0.25, 0.3) is 10.8 Å². The summed E-state index contributed by atoms with van der Waals surface area (Å²) < 4.78 is 11.9. The van der Waals surface area contributed by atoms with Gasteiger partial charge in [-0.2, -0.15) is 0 Å². The molecule has 0 saturated carbocycles. The summed E-state index contributed by atoms with van der Waals surface area (Å²) in [6.07, 6.45) is -0.152. The first-order valence-electron chi connectivity index (χ1n) is 11.7. The SMILES string of the molecule is COc1ccc(C(=O)O)cc1N1CC(CN[C@H](C)c2cccc3ccccc23)Oc2ccccc21.Cl. The van der Waals surface area contributed by atoms with E-state index in [-0.39, 0.29) is 30.1 Å². The normalized spacial score (nSPS) is 15.4. The Labute approximate surface area is 216 Å². The fourth-order valence-electron chi connectivity index (χ4n) is 4.71. The Bertz CT molecular complexity index is 1370. The van der Waals surface area contributed by atoms with E-state index in [1.54, 1.807) is 25.3 Å². The average Bonchev–Trinajstić information content (AvgIpc) is 2.90. The van der Waals surface area contributed by atoms with Crippen molar-refractivity contribution in [3.8, 4) is 11.5 Å². The number of nitrogens with one attached hydrogen (secondary N) is 1. The van der Waals surface area contributed by atoms with E-state index in [2.05, 4.69) is 59.6 Å². The van der Waals surface area contributed by atoms with Crippen molar-refractivity contribution in [3.05, 3.63) is 96.1 Å². The summed E-state index contributed by atoms with van der Waals surface area (Å²) in [6, 6.07) is 27.6. The van der Waals surface area contributed by atoms with Crippen molar-refractivity contribution in [2.24, 2.45) is 0 Å². The molecule has 0 fully saturated rings. The summed E-state index contributed by atoms with van der Waals surface area (Å²) in [5, 5.41) is 15.7. The minimum atomic E-state index is -0.974. The molecule has 1 aliphatic heterocycles. The standard InChI is InChI=1S/C29H28N2O4.ClH/c1-19(23-11-7-9-20-8-3-4-10-24(20)23)30-17-22-18-31(25-12-5-6-13-28(25)35-22)26-16-21(29(32)33)14-15-27(26)34-2;/h3-16,19,22,30H,17-18H2,1-2H3,(H,32,33);1H/t19-,22?;/m1./s1. The number of fused-ring (bicyclic) bond motifs is 2. The van der Waals surface area contributed by atoms with Crippen LogP contribution in [0.1, 0.15) is 28.9 Å². The number of methoxy groups -OCH3 is 1. The van der Waals surface area contributed by atoms with Gasteiger partial charge >= 0.3 is 5.97 Å². The van der Waals surface area contributed by atoms with E-state index in [4.69, 9.17) is 9.47 Å². The van der Waals surface area contributed by atoms with Crippen molar-refractivity contribution in [2.75, 3.05) is 25.1 Å². The third-order valence-electron chi connectivity index (χ3n) is 6.49. The number of hydrogen-bond acceptors (Lipinski definition) is 5. The van der Waals surface area contributed by atoms with E-state index in [1.165, 1.54) is 16.3 Å². The molecule has 1 unspecified atom stereocenters. The number of aromatic carboxylic acids is 1. The zero-order chi connectivity index (χ0) is 24.4. The molecule has 0 spiro atoms. The average molecular weight is 505 g/mol. The maximum absolute atomic E-state index is 11.7. The Morgan fingerprint density at radius 1 is 1.06 bits per heavy atom. The Kier molecular flexibility index (Phi) is 7.67. The molecule has 0 aliphatic carbocycles. The first kappa shape index (κ1) is 25.4. The van der Waals surface area contributed by atoms with Crippen molar-refractivity contribution < 1.29 is 19.4 Å². The maximum atomic E-state index is 11.7. The predicted octanol–water partition coefficient (Wildman–Crippen LogP) is 6.22. The van der Waals surface area contributed by atoms with E-state index >= 15 is 0 Å². The van der Waals surface area contributed by atoms with E-state index in [1.807, 2.05) is 24.3 Å². The zero-order valence-electron chi connectivity index (χ0n) is 20.2. The Morgan fingerprint density at radius 3 is 2.61 bits per heavy atom. The second-order valence-corrected chi connectivity index (χ2v) is 8.71. The van der Waals surface area contributed by atoms with E-state index in [0.29, 0.717) is 24.5 Å². The summed E-state index contributed by atoms with van der Waals surface area (Å²) in [5.74, 6) is 0.395. The van der Waals surface area contributed by atoms with Crippen molar-refractivity contribution in [1.82, 2.24) is 5.32 Å². The number of benzene rings is 4. The van der Waals surface area contributed by atoms with Gasteiger partial charge in [0.25, 0.3) is 0 Å². The summed E-state index contributed by atoms with van der Waals surface area (Å²) >= 11 is 0. The number of para-hydroxylation sites is 2. The van der Waals surface area contributed by atoms with Gasteiger partial charge in [-0.25, -0.2) is 4.79 Å². The van der Waals surface area contributed by atoms with Gasteiger partial charge in [0.15, 0.2) is 0 Å². The molecule has 2 atom stereocenters. The number of halogens is 1. The third kappa shape index (κ3) is 4.96. The Balaban J connectivity index is 0.00000304. The van der Waals surface area contributed by atoms with Gasteiger partial charge in [-0.3, -0.25) is 0 Å². The largest absolute Gasteiger partial charge is 0.495 e. The van der Waals surface area contributed by atoms with Gasteiger partial charge in [0.05, 0.1) is 30.6 Å². The molecule has 36 heavy (non-hydrogen) atoms. The van der Waals surface area contributed by atoms with Crippen molar-refractivity contribution in [1.29, 1.82) is 0 Å². The number of hydrogen-bond donors (Lipinski definition) is 2. The van der Waals surface area contributed by atoms with Gasteiger partial charge in [-0.1, -0.05) is 54.6 Å². The van der Waals surface area contributed by atoms with Gasteiger partial charge in [-0.15, -0.1) is 12.4 Å². The zero-order valence-corrected chi connectivity index (χ0v) is 21.0. The van der Waals surface area contributed by atoms with E-state index < -0.39 is 5.97 Å². The smallest absolute Gasteiger partial charge is 0.335 e. The van der Waals surface area contributed by atoms with Crippen LogP contribution in [0.3, 0.4) is 0 Å². The lowest BCUT2D eigenvalue weighted by Crippen LogP contribution is -2.44. The minimum Gasteiger partial charge on any atom is -0.495 e. The fourth-order valence-corrected chi connectivity index (χ4v) is 4.71. The first-order chi connectivity index (χ1) is 17.0. The fraction of sp³-hybridized carbons (Fsp3) is 0.207. The summed E-state index contributed by atoms with van der Waals surface area (Å²) in [4.78, 5) is 13.7. The van der Waals surface area contributed by atoms with Crippen LogP contribution in [-0.4, -0.2) is 37.4 Å². The second-order valence-electron chi connectivity index (χ2n) is 8.71. The van der Waals surface area contributed by atoms with Crippen LogP contribution in [0.5, 0.6) is 11.5 Å². The molecular formula is C29H29ClN2O4. The van der Waals surface area contributed by atoms with Gasteiger partial charge in [-0.05, 0) is 53.6 Å². The third-order valence-corrected chi connectivity index (χ3v) is 6.49. The molecule has 1 aliphatic rings. The highest BCUT2D eigenvalue weighted by molar-refractivity contribution is 5.90. The molecule has 0 saturated heterocycles. The van der Waals surface area contributed by atoms with Gasteiger partial charge in [0, 0.05) is 12.6 Å². The lowest BCUT2D eigenvalue weighted by molar-refractivity contribution is 0.0697. The van der Waals surface area contributed by atoms with E-state index in [0.717, 1.165) is 11.4 Å². The molecular weight excluding hydrogens is 476 g/mol. The van der Waals surface area contributed by atoms with Crippen LogP contribution in [-0.2, 0) is 0 Å². The number of anilines is 2. The Hall–Kier alpha value is -3.74. The molecule has 2 N–H and O–H groups in total. The molecule has 1 heterocycles. The molecule has 0 aromatic heterocycles. The van der Waals surface area contributed by atoms with Gasteiger partial charge < -0.3 is 24.8 Å². The lowest BCUT2D eigenvalue weighted by atomic mass is 9.99. The highest BCUT2D eigenvalue weighted by Gasteiger charge is 2.29. The molecule has 4 aromatic carbocycles. The topological polar surface area (TPSA) is 71.0 Å². The van der Waals surface area contributed by atoms with Crippen LogP contribution >= 0.6 is 12.4 Å². The number of carboxylic acids is 1. The summed E-state index contributed by atoms with van der Waals surface area (Å²) in [7, 11) is 1.59. The quantitative estimate of drug-likeness (QED) is 0.311. The molecule has 7 heteroatoms. The number of carbonyl (C=O) groups is 1. The molecule has 5 rings (SSSR count). The molecule has 4 aromatic rings. The highest BCUT2D eigenvalue weighted by atomic mass is 35.5. The predicted molar refractivity (Wildman–Crippen MR) is 145 cm³/mol. The second kappa shape index (κ2) is 10.9. The van der Waals surface area contributed by atoms with Crippen molar-refractivity contribution in [2.45, 2.75) is 19.1 Å². The minimum absolute atomic E-state index is 0. The van der Waals surface area contributed by atoms with Crippen molar-refractivity contribution >= 4 is 40.5 Å². The lowest BCUT2D eigenvalue weighted by Gasteiger charge is -2.37. The van der Waals surface area contributed by atoms with Gasteiger partial charge in [0.2, 0.25) is 0 Å². The van der Waals surface area contributed by atoms with Crippen LogP contribution < -0.4 is 19.7 Å². The van der Waals surface area contributed by atoms with E-state index in [9.17, 15) is 9.90 Å². The summed E-state index contributed by atoms with van der Waals surface area (Å²) in [6.45, 7) is 3.33. The Morgan fingerprint density at radius 2 is 1.81 bits per heavy atom. The molecule has 6 nitrogen and oxygen atoms in total. The van der Waals surface area contributed by atoms with Crippen LogP contribution in [0.2, 0.25) is 0 Å². The monoisotopic (exact) mass is 504 g/mol. The van der Waals surface area contributed by atoms with Gasteiger partial charge in [0.1, 0.15) is 17.6 Å². The number of nitrogens with zero attached hydrogens (tertiary/aromatic N) is 1. The molecule has 0 amide bonds. The van der Waals surface area contributed by atoms with Crippen LogP contribution in [0.4, 0.5) is 11.4 Å². The maximum Gasteiger partial charge on any atom is 0.335 e. The number of rotatable bonds is 7. The molecule has 0 bridgehead atoms. The highest BCUT2D eigenvalue weighted by Crippen LogP contribution is 2.42. The van der Waals surface area contributed by atoms with Crippen LogP contribution in [0, 0.1) is 0 Å². The van der Waals surface area contributed by atoms with Crippen molar-refractivity contribution in [3.63, 3.8) is 0 Å². The number of ether oxygens (including phenoxy) is 2. The first-order valence-corrected chi connectivity index (χ1v) is 11.7.